The van der Waals surface area contributed by atoms with Crippen LogP contribution in [0.15, 0.2) is 49.1 Å². The summed E-state index contributed by atoms with van der Waals surface area (Å²) in [5, 5.41) is 4.50. The van der Waals surface area contributed by atoms with E-state index in [1.54, 1.807) is 6.33 Å². The van der Waals surface area contributed by atoms with Crippen LogP contribution in [0.3, 0.4) is 0 Å². The summed E-state index contributed by atoms with van der Waals surface area (Å²) >= 11 is 3.83. The first-order chi connectivity index (χ1) is 17.8. The zero-order valence-corrected chi connectivity index (χ0v) is 21.3. The van der Waals surface area contributed by atoms with Crippen molar-refractivity contribution >= 4 is 52.3 Å². The Morgan fingerprint density at radius 3 is 2.06 bits per heavy atom. The Kier molecular flexibility index (Phi) is 7.66. The fourth-order valence-corrected chi connectivity index (χ4v) is 4.98. The molecular weight excluding hydrogens is 468 g/mol. The molecule has 0 amide bonds. The number of H-pyrrole nitrogens is 1. The van der Waals surface area contributed by atoms with Crippen LogP contribution >= 0.6 is 12.2 Å². The SMILES string of the molecule is C=S.c1nc(N2CCCCC2)c2cc(-c3ccc(Nc4cnc(N5CCCCC5)nc4)cc3)[nH]c2n1. The van der Waals surface area contributed by atoms with Gasteiger partial charge in [0.2, 0.25) is 5.95 Å². The number of piperidine rings is 2. The van der Waals surface area contributed by atoms with Crippen molar-refractivity contribution in [2.45, 2.75) is 38.5 Å². The van der Waals surface area contributed by atoms with Crippen molar-refractivity contribution in [2.75, 3.05) is 41.3 Å². The van der Waals surface area contributed by atoms with Crippen LogP contribution in [0.2, 0.25) is 0 Å². The van der Waals surface area contributed by atoms with E-state index in [0.29, 0.717) is 0 Å². The van der Waals surface area contributed by atoms with Gasteiger partial charge in [0.25, 0.3) is 0 Å². The van der Waals surface area contributed by atoms with E-state index in [-0.39, 0.29) is 0 Å². The predicted octanol–water partition coefficient (Wildman–Crippen LogP) is 5.76. The molecule has 5 heterocycles. The van der Waals surface area contributed by atoms with E-state index in [9.17, 15) is 0 Å². The van der Waals surface area contributed by atoms with Crippen LogP contribution in [-0.2, 0) is 0 Å². The molecule has 3 aromatic heterocycles. The maximum absolute atomic E-state index is 4.60. The lowest BCUT2D eigenvalue weighted by Gasteiger charge is -2.27. The average Bonchev–Trinajstić information content (AvgIpc) is 3.41. The smallest absolute Gasteiger partial charge is 0.225 e. The summed E-state index contributed by atoms with van der Waals surface area (Å²) in [6, 6.07) is 10.6. The molecule has 2 saturated heterocycles. The quantitative estimate of drug-likeness (QED) is 0.335. The van der Waals surface area contributed by atoms with Gasteiger partial charge in [-0.25, -0.2) is 19.9 Å². The van der Waals surface area contributed by atoms with Gasteiger partial charge in [0.05, 0.1) is 23.5 Å². The zero-order chi connectivity index (χ0) is 24.7. The molecule has 0 radical (unpaired) electrons. The van der Waals surface area contributed by atoms with Gasteiger partial charge in [0.15, 0.2) is 0 Å². The summed E-state index contributed by atoms with van der Waals surface area (Å²) in [6.07, 6.45) is 12.9. The van der Waals surface area contributed by atoms with Gasteiger partial charge in [-0.05, 0) is 68.2 Å². The van der Waals surface area contributed by atoms with E-state index in [0.717, 1.165) is 71.6 Å². The molecule has 0 unspecified atom stereocenters. The highest BCUT2D eigenvalue weighted by atomic mass is 32.1. The van der Waals surface area contributed by atoms with Gasteiger partial charge in [-0.1, -0.05) is 24.4 Å². The van der Waals surface area contributed by atoms with E-state index in [1.165, 1.54) is 38.5 Å². The van der Waals surface area contributed by atoms with Crippen LogP contribution < -0.4 is 15.1 Å². The number of hydrogen-bond donors (Lipinski definition) is 2. The maximum Gasteiger partial charge on any atom is 0.225 e. The lowest BCUT2D eigenvalue weighted by Crippen LogP contribution is -2.30. The van der Waals surface area contributed by atoms with Gasteiger partial charge in [-0.15, -0.1) is 0 Å². The van der Waals surface area contributed by atoms with Crippen LogP contribution in [0, 0.1) is 0 Å². The number of aromatic nitrogens is 5. The van der Waals surface area contributed by atoms with Crippen LogP contribution in [0.1, 0.15) is 38.5 Å². The van der Waals surface area contributed by atoms with E-state index in [4.69, 9.17) is 0 Å². The third-order valence-electron chi connectivity index (χ3n) is 6.82. The number of anilines is 4. The third kappa shape index (κ3) is 5.31. The minimum absolute atomic E-state index is 0.825. The molecule has 2 fully saturated rings. The molecule has 186 valence electrons. The van der Waals surface area contributed by atoms with E-state index in [1.807, 2.05) is 12.4 Å². The Morgan fingerprint density at radius 1 is 0.750 bits per heavy atom. The summed E-state index contributed by atoms with van der Waals surface area (Å²) < 4.78 is 0. The largest absolute Gasteiger partial charge is 0.356 e. The number of nitrogens with zero attached hydrogens (tertiary/aromatic N) is 6. The van der Waals surface area contributed by atoms with Crippen molar-refractivity contribution in [3.63, 3.8) is 0 Å². The minimum Gasteiger partial charge on any atom is -0.356 e. The molecule has 2 aliphatic heterocycles. The van der Waals surface area contributed by atoms with Gasteiger partial charge in [0, 0.05) is 37.6 Å². The molecule has 1 aromatic carbocycles. The Morgan fingerprint density at radius 2 is 1.39 bits per heavy atom. The van der Waals surface area contributed by atoms with Crippen LogP contribution in [0.25, 0.3) is 22.3 Å². The second-order valence-electron chi connectivity index (χ2n) is 9.21. The van der Waals surface area contributed by atoms with Crippen molar-refractivity contribution in [3.8, 4) is 11.3 Å². The van der Waals surface area contributed by atoms with Crippen LogP contribution in [0.5, 0.6) is 0 Å². The average molecular weight is 501 g/mol. The Bertz CT molecular complexity index is 1260. The van der Waals surface area contributed by atoms with Gasteiger partial charge in [-0.3, -0.25) is 0 Å². The Hall–Kier alpha value is -3.59. The highest BCUT2D eigenvalue weighted by Crippen LogP contribution is 2.31. The van der Waals surface area contributed by atoms with E-state index < -0.39 is 0 Å². The van der Waals surface area contributed by atoms with Crippen molar-refractivity contribution < 1.29 is 0 Å². The van der Waals surface area contributed by atoms with Crippen LogP contribution in [0.4, 0.5) is 23.1 Å². The number of hydrogen-bond acceptors (Lipinski definition) is 8. The van der Waals surface area contributed by atoms with E-state index in [2.05, 4.69) is 88.5 Å². The molecule has 4 aromatic rings. The molecule has 0 spiro atoms. The first kappa shape index (κ1) is 24.1. The highest BCUT2D eigenvalue weighted by molar-refractivity contribution is 7.77. The second kappa shape index (κ2) is 11.4. The molecule has 0 aliphatic carbocycles. The van der Waals surface area contributed by atoms with Crippen molar-refractivity contribution in [2.24, 2.45) is 0 Å². The third-order valence-corrected chi connectivity index (χ3v) is 6.82. The number of thiocarbonyl (C=S) groups is 1. The molecule has 36 heavy (non-hydrogen) atoms. The molecule has 2 N–H and O–H groups in total. The van der Waals surface area contributed by atoms with Gasteiger partial charge in [0.1, 0.15) is 17.8 Å². The number of benzene rings is 1. The number of nitrogens with one attached hydrogen (secondary N) is 2. The van der Waals surface area contributed by atoms with Crippen LogP contribution in [-0.4, -0.2) is 57.0 Å². The lowest BCUT2D eigenvalue weighted by molar-refractivity contribution is 0.568. The van der Waals surface area contributed by atoms with Gasteiger partial charge in [-0.2, -0.15) is 0 Å². The number of aromatic amines is 1. The van der Waals surface area contributed by atoms with Gasteiger partial charge < -0.3 is 20.1 Å². The number of fused-ring (bicyclic) bond motifs is 1. The standard InChI is InChI=1S/C26H30N8.CH2S/c1-3-11-33(12-4-1)25-22-15-23(32-24(22)29-18-30-25)19-7-9-20(10-8-19)31-21-16-27-26(28-17-21)34-13-5-2-6-14-34;1-2/h7-10,15-18,31H,1-6,11-14H2,(H,29,30,32);1H2. The van der Waals surface area contributed by atoms with Crippen molar-refractivity contribution in [1.82, 2.24) is 24.9 Å². The summed E-state index contributed by atoms with van der Waals surface area (Å²) in [7, 11) is 0. The lowest BCUT2D eigenvalue weighted by atomic mass is 10.1. The molecule has 0 saturated carbocycles. The summed E-state index contributed by atoms with van der Waals surface area (Å²) in [6.45, 7) is 4.23. The van der Waals surface area contributed by atoms with Gasteiger partial charge >= 0.3 is 0 Å². The fraction of sp³-hybridized carbons (Fsp3) is 0.370. The molecule has 0 atom stereocenters. The number of rotatable bonds is 5. The summed E-state index contributed by atoms with van der Waals surface area (Å²) in [5.41, 5.74) is 4.95. The molecule has 0 bridgehead atoms. The van der Waals surface area contributed by atoms with Crippen molar-refractivity contribution in [1.29, 1.82) is 0 Å². The maximum atomic E-state index is 4.60. The molecule has 6 rings (SSSR count). The first-order valence-electron chi connectivity index (χ1n) is 12.7. The molecule has 2 aliphatic rings. The molecule has 9 heteroatoms. The summed E-state index contributed by atoms with van der Waals surface area (Å²) in [4.78, 5) is 26.3. The normalized spacial score (nSPS) is 15.9. The van der Waals surface area contributed by atoms with E-state index >= 15 is 0 Å². The fourth-order valence-electron chi connectivity index (χ4n) is 4.98. The predicted molar refractivity (Wildman–Crippen MR) is 151 cm³/mol. The van der Waals surface area contributed by atoms with Crippen molar-refractivity contribution in [3.05, 3.63) is 49.1 Å². The highest BCUT2D eigenvalue weighted by Gasteiger charge is 2.17. The zero-order valence-electron chi connectivity index (χ0n) is 20.5. The monoisotopic (exact) mass is 500 g/mol. The summed E-state index contributed by atoms with van der Waals surface area (Å²) in [5.74, 6) is 4.70. The molecular formula is C27H32N8S. The minimum atomic E-state index is 0.825. The molecule has 8 nitrogen and oxygen atoms in total. The second-order valence-corrected chi connectivity index (χ2v) is 9.21. The Labute approximate surface area is 217 Å². The topological polar surface area (TPSA) is 85.9 Å². The first-order valence-corrected chi connectivity index (χ1v) is 13.2. The Balaban J connectivity index is 0.00000130.